The van der Waals surface area contributed by atoms with Crippen molar-refractivity contribution in [3.8, 4) is 0 Å². The van der Waals surface area contributed by atoms with Gasteiger partial charge in [-0.25, -0.2) is 0 Å². The minimum Gasteiger partial charge on any atom is -0.370 e. The third kappa shape index (κ3) is 4.44. The maximum atomic E-state index is 11.9. The van der Waals surface area contributed by atoms with Crippen LogP contribution in [0.5, 0.6) is 0 Å². The van der Waals surface area contributed by atoms with Gasteiger partial charge in [-0.3, -0.25) is 4.79 Å². The molecule has 0 atom stereocenters. The molecule has 3 N–H and O–H groups in total. The van der Waals surface area contributed by atoms with Crippen molar-refractivity contribution in [3.05, 3.63) is 24.3 Å². The molecule has 5 heteroatoms. The Balaban J connectivity index is 2.00. The highest BCUT2D eigenvalue weighted by atomic mass is 16.2. The third-order valence-electron chi connectivity index (χ3n) is 3.80. The SMILES string of the molecule is CN1CCCN(c2ccc(NC(=O)C(C)(C)N)cc2)CC1. The number of benzene rings is 1. The van der Waals surface area contributed by atoms with E-state index in [2.05, 4.69) is 34.3 Å². The molecule has 1 fully saturated rings. The van der Waals surface area contributed by atoms with Crippen molar-refractivity contribution in [2.75, 3.05) is 43.4 Å². The van der Waals surface area contributed by atoms with Crippen LogP contribution < -0.4 is 16.0 Å². The Morgan fingerprint density at radius 3 is 2.43 bits per heavy atom. The van der Waals surface area contributed by atoms with Gasteiger partial charge in [0.1, 0.15) is 0 Å². The smallest absolute Gasteiger partial charge is 0.243 e. The van der Waals surface area contributed by atoms with Gasteiger partial charge in [0.2, 0.25) is 5.91 Å². The van der Waals surface area contributed by atoms with Gasteiger partial charge in [0, 0.05) is 31.0 Å². The number of carbonyl (C=O) groups excluding carboxylic acids is 1. The molecular weight excluding hydrogens is 264 g/mol. The Bertz CT molecular complexity index is 478. The molecule has 0 aliphatic carbocycles. The largest absolute Gasteiger partial charge is 0.370 e. The molecule has 1 saturated heterocycles. The summed E-state index contributed by atoms with van der Waals surface area (Å²) in [4.78, 5) is 16.6. The Morgan fingerprint density at radius 1 is 1.14 bits per heavy atom. The van der Waals surface area contributed by atoms with Crippen molar-refractivity contribution in [3.63, 3.8) is 0 Å². The van der Waals surface area contributed by atoms with Crippen LogP contribution in [0.25, 0.3) is 0 Å². The van der Waals surface area contributed by atoms with Gasteiger partial charge in [-0.2, -0.15) is 0 Å². The fraction of sp³-hybridized carbons (Fsp3) is 0.562. The predicted octanol–water partition coefficient (Wildman–Crippen LogP) is 1.50. The van der Waals surface area contributed by atoms with Gasteiger partial charge < -0.3 is 20.9 Å². The van der Waals surface area contributed by atoms with Crippen LogP contribution in [0.2, 0.25) is 0 Å². The van der Waals surface area contributed by atoms with E-state index in [-0.39, 0.29) is 5.91 Å². The second-order valence-electron chi connectivity index (χ2n) is 6.37. The second kappa shape index (κ2) is 6.45. The molecule has 0 aromatic heterocycles. The van der Waals surface area contributed by atoms with E-state index in [1.165, 1.54) is 12.1 Å². The quantitative estimate of drug-likeness (QED) is 0.886. The van der Waals surface area contributed by atoms with Gasteiger partial charge in [0.25, 0.3) is 0 Å². The zero-order chi connectivity index (χ0) is 15.5. The van der Waals surface area contributed by atoms with Crippen molar-refractivity contribution in [1.82, 2.24) is 4.90 Å². The Morgan fingerprint density at radius 2 is 1.81 bits per heavy atom. The lowest BCUT2D eigenvalue weighted by Gasteiger charge is -2.23. The standard InChI is InChI=1S/C16H26N4O/c1-16(2,17)15(21)18-13-5-7-14(8-6-13)20-10-4-9-19(3)11-12-20/h5-8H,4,9-12,17H2,1-3H3,(H,18,21). The maximum Gasteiger partial charge on any atom is 0.243 e. The summed E-state index contributed by atoms with van der Waals surface area (Å²) >= 11 is 0. The lowest BCUT2D eigenvalue weighted by atomic mass is 10.1. The number of amides is 1. The Labute approximate surface area is 127 Å². The molecule has 2 rings (SSSR count). The first-order valence-corrected chi connectivity index (χ1v) is 7.50. The van der Waals surface area contributed by atoms with Crippen LogP contribution in [0, 0.1) is 0 Å². The summed E-state index contributed by atoms with van der Waals surface area (Å²) in [5.74, 6) is -0.174. The van der Waals surface area contributed by atoms with E-state index in [9.17, 15) is 4.79 Å². The lowest BCUT2D eigenvalue weighted by molar-refractivity contribution is -0.120. The van der Waals surface area contributed by atoms with Gasteiger partial charge >= 0.3 is 0 Å². The first-order valence-electron chi connectivity index (χ1n) is 7.50. The molecule has 1 heterocycles. The number of nitrogens with one attached hydrogen (secondary N) is 1. The monoisotopic (exact) mass is 290 g/mol. The molecule has 1 aromatic carbocycles. The van der Waals surface area contributed by atoms with Gasteiger partial charge in [-0.15, -0.1) is 0 Å². The number of hydrogen-bond donors (Lipinski definition) is 2. The van der Waals surface area contributed by atoms with Crippen LogP contribution in [0.4, 0.5) is 11.4 Å². The van der Waals surface area contributed by atoms with Gasteiger partial charge in [-0.1, -0.05) is 0 Å². The first-order chi connectivity index (χ1) is 9.86. The van der Waals surface area contributed by atoms with Crippen molar-refractivity contribution in [2.45, 2.75) is 25.8 Å². The van der Waals surface area contributed by atoms with Crippen LogP contribution >= 0.6 is 0 Å². The number of anilines is 2. The molecule has 0 radical (unpaired) electrons. The normalized spacial score (nSPS) is 17.4. The van der Waals surface area contributed by atoms with Gasteiger partial charge in [0.15, 0.2) is 0 Å². The summed E-state index contributed by atoms with van der Waals surface area (Å²) in [6, 6.07) is 8.00. The molecule has 5 nitrogen and oxygen atoms in total. The van der Waals surface area contributed by atoms with Crippen molar-refractivity contribution < 1.29 is 4.79 Å². The van der Waals surface area contributed by atoms with E-state index < -0.39 is 5.54 Å². The van der Waals surface area contributed by atoms with E-state index in [0.29, 0.717) is 0 Å². The third-order valence-corrected chi connectivity index (χ3v) is 3.80. The second-order valence-corrected chi connectivity index (χ2v) is 6.37. The highest BCUT2D eigenvalue weighted by molar-refractivity contribution is 5.97. The summed E-state index contributed by atoms with van der Waals surface area (Å²) in [5.41, 5.74) is 6.90. The molecule has 116 valence electrons. The summed E-state index contributed by atoms with van der Waals surface area (Å²) in [7, 11) is 2.16. The van der Waals surface area contributed by atoms with E-state index in [4.69, 9.17) is 5.73 Å². The topological polar surface area (TPSA) is 61.6 Å². The zero-order valence-corrected chi connectivity index (χ0v) is 13.2. The van der Waals surface area contributed by atoms with Gasteiger partial charge in [0.05, 0.1) is 5.54 Å². The van der Waals surface area contributed by atoms with E-state index >= 15 is 0 Å². The molecule has 1 aromatic rings. The molecule has 0 saturated carbocycles. The number of nitrogens with two attached hydrogens (primary N) is 1. The van der Waals surface area contributed by atoms with Crippen LogP contribution in [-0.4, -0.2) is 49.6 Å². The van der Waals surface area contributed by atoms with Crippen LogP contribution in [0.15, 0.2) is 24.3 Å². The maximum absolute atomic E-state index is 11.9. The Kier molecular flexibility index (Phi) is 4.85. The number of hydrogen-bond acceptors (Lipinski definition) is 4. The molecular formula is C16H26N4O. The molecule has 1 amide bonds. The first kappa shape index (κ1) is 15.8. The minimum atomic E-state index is -0.867. The summed E-state index contributed by atoms with van der Waals surface area (Å²) in [6.07, 6.45) is 1.18. The summed E-state index contributed by atoms with van der Waals surface area (Å²) < 4.78 is 0. The van der Waals surface area contributed by atoms with E-state index in [1.54, 1.807) is 13.8 Å². The molecule has 1 aliphatic heterocycles. The number of carbonyl (C=O) groups is 1. The van der Waals surface area contributed by atoms with Crippen LogP contribution in [-0.2, 0) is 4.79 Å². The van der Waals surface area contributed by atoms with E-state index in [0.717, 1.165) is 31.9 Å². The number of rotatable bonds is 3. The summed E-state index contributed by atoms with van der Waals surface area (Å²) in [5, 5.41) is 2.84. The van der Waals surface area contributed by atoms with Crippen molar-refractivity contribution >= 4 is 17.3 Å². The zero-order valence-electron chi connectivity index (χ0n) is 13.2. The number of likely N-dealkylation sites (N-methyl/N-ethyl adjacent to an activating group) is 1. The fourth-order valence-electron chi connectivity index (χ4n) is 2.35. The summed E-state index contributed by atoms with van der Waals surface area (Å²) in [6.45, 7) is 7.74. The lowest BCUT2D eigenvalue weighted by Crippen LogP contribution is -2.45. The molecule has 0 spiro atoms. The van der Waals surface area contributed by atoms with Crippen molar-refractivity contribution in [2.24, 2.45) is 5.73 Å². The highest BCUT2D eigenvalue weighted by Crippen LogP contribution is 2.20. The van der Waals surface area contributed by atoms with Crippen molar-refractivity contribution in [1.29, 1.82) is 0 Å². The van der Waals surface area contributed by atoms with Crippen LogP contribution in [0.3, 0.4) is 0 Å². The highest BCUT2D eigenvalue weighted by Gasteiger charge is 2.21. The number of nitrogens with zero attached hydrogens (tertiary/aromatic N) is 2. The molecule has 0 unspecified atom stereocenters. The van der Waals surface area contributed by atoms with Crippen LogP contribution in [0.1, 0.15) is 20.3 Å². The molecule has 1 aliphatic rings. The Hall–Kier alpha value is -1.59. The average molecular weight is 290 g/mol. The average Bonchev–Trinajstić information content (AvgIpc) is 2.63. The fourth-order valence-corrected chi connectivity index (χ4v) is 2.35. The molecule has 0 bridgehead atoms. The van der Waals surface area contributed by atoms with Gasteiger partial charge in [-0.05, 0) is 58.1 Å². The molecule has 21 heavy (non-hydrogen) atoms. The minimum absolute atomic E-state index is 0.174. The predicted molar refractivity (Wildman–Crippen MR) is 87.7 cm³/mol. The van der Waals surface area contributed by atoms with E-state index in [1.807, 2.05) is 12.1 Å².